The summed E-state index contributed by atoms with van der Waals surface area (Å²) in [6.07, 6.45) is 8.65. The fourth-order valence-electron chi connectivity index (χ4n) is 4.05. The van der Waals surface area contributed by atoms with E-state index in [1.807, 2.05) is 0 Å². The van der Waals surface area contributed by atoms with Gasteiger partial charge in [0.05, 0.1) is 12.1 Å². The van der Waals surface area contributed by atoms with Crippen LogP contribution in [0, 0.1) is 0 Å². The molecule has 1 N–H and O–H groups in total. The fourth-order valence-corrected chi connectivity index (χ4v) is 4.84. The Morgan fingerprint density at radius 3 is 3.07 bits per heavy atom. The minimum absolute atomic E-state index is 0.764. The molecule has 0 spiro atoms. The zero-order chi connectivity index (χ0) is 18.2. The smallest absolute Gasteiger partial charge is 0.139 e. The summed E-state index contributed by atoms with van der Waals surface area (Å²) in [4.78, 5) is 8.37. The zero-order valence-corrected chi connectivity index (χ0v) is 16.4. The molecule has 5 nitrogen and oxygen atoms in total. The number of benzene rings is 1. The van der Waals surface area contributed by atoms with E-state index in [0.29, 0.717) is 0 Å². The maximum Gasteiger partial charge on any atom is 0.139 e. The van der Waals surface area contributed by atoms with Gasteiger partial charge in [-0.2, -0.15) is 0 Å². The minimum Gasteiger partial charge on any atom is -0.360 e. The van der Waals surface area contributed by atoms with E-state index >= 15 is 0 Å². The first-order valence-corrected chi connectivity index (χ1v) is 10.7. The summed E-state index contributed by atoms with van der Waals surface area (Å²) in [5, 5.41) is 13.4. The van der Waals surface area contributed by atoms with Crippen LogP contribution in [0.3, 0.4) is 0 Å². The molecule has 0 fully saturated rings. The number of aromatic nitrogens is 5. The molecule has 0 saturated carbocycles. The fraction of sp³-hybridized carbons (Fsp3) is 0.381. The summed E-state index contributed by atoms with van der Waals surface area (Å²) in [6, 6.07) is 6.50. The molecule has 0 saturated heterocycles. The lowest BCUT2D eigenvalue weighted by molar-refractivity contribution is 0.611. The van der Waals surface area contributed by atoms with Crippen LogP contribution in [0.5, 0.6) is 0 Å². The van der Waals surface area contributed by atoms with Gasteiger partial charge in [-0.3, -0.25) is 0 Å². The third-order valence-electron chi connectivity index (χ3n) is 5.51. The molecule has 0 aliphatic carbocycles. The highest BCUT2D eigenvalue weighted by molar-refractivity contribution is 7.10. The van der Waals surface area contributed by atoms with Gasteiger partial charge in [0, 0.05) is 41.0 Å². The van der Waals surface area contributed by atoms with E-state index in [1.54, 1.807) is 11.3 Å². The Balaban J connectivity index is 1.45. The Kier molecular flexibility index (Phi) is 4.28. The van der Waals surface area contributed by atoms with Crippen molar-refractivity contribution in [2.24, 2.45) is 0 Å². The molecule has 1 aromatic carbocycles. The van der Waals surface area contributed by atoms with Crippen molar-refractivity contribution in [3.63, 3.8) is 0 Å². The maximum absolute atomic E-state index is 4.92. The first kappa shape index (κ1) is 16.7. The van der Waals surface area contributed by atoms with Gasteiger partial charge in [-0.15, -0.1) is 21.5 Å². The molecule has 0 unspecified atom stereocenters. The van der Waals surface area contributed by atoms with Crippen molar-refractivity contribution in [3.8, 4) is 11.3 Å². The normalized spacial score (nSPS) is 14.4. The molecule has 27 heavy (non-hydrogen) atoms. The van der Waals surface area contributed by atoms with Gasteiger partial charge in [-0.05, 0) is 24.8 Å². The van der Waals surface area contributed by atoms with Crippen molar-refractivity contribution in [3.05, 3.63) is 52.0 Å². The number of nitrogens with one attached hydrogen (secondary N) is 1. The topological polar surface area (TPSA) is 59.4 Å². The van der Waals surface area contributed by atoms with Gasteiger partial charge in [0.2, 0.25) is 0 Å². The molecule has 4 heterocycles. The molecule has 0 bridgehead atoms. The summed E-state index contributed by atoms with van der Waals surface area (Å²) in [5.74, 6) is 2.20. The van der Waals surface area contributed by atoms with Crippen molar-refractivity contribution in [2.75, 3.05) is 0 Å². The van der Waals surface area contributed by atoms with Crippen LogP contribution < -0.4 is 0 Å². The molecule has 138 valence electrons. The largest absolute Gasteiger partial charge is 0.360 e. The van der Waals surface area contributed by atoms with Gasteiger partial charge < -0.3 is 9.55 Å². The lowest BCUT2D eigenvalue weighted by atomic mass is 10.1. The quantitative estimate of drug-likeness (QED) is 0.558. The van der Waals surface area contributed by atoms with E-state index in [9.17, 15) is 0 Å². The highest BCUT2D eigenvalue weighted by Crippen LogP contribution is 2.31. The van der Waals surface area contributed by atoms with Crippen molar-refractivity contribution in [2.45, 2.75) is 52.0 Å². The molecule has 0 atom stereocenters. The number of fused-ring (bicyclic) bond motifs is 2. The molecule has 0 amide bonds. The standard InChI is InChI=1S/C21H23N5S/c1-2-14-7-6-8-15-16(12-22-21(14)15)17-13-27-20(23-17)11-19-25-24-18-9-4-3-5-10-26(18)19/h6-8,12-13,22H,2-5,9-11H2,1H3. The molecular formula is C21H23N5S. The molecule has 4 aromatic rings. The van der Waals surface area contributed by atoms with Crippen molar-refractivity contribution < 1.29 is 0 Å². The van der Waals surface area contributed by atoms with Crippen molar-refractivity contribution in [1.82, 2.24) is 24.7 Å². The summed E-state index contributed by atoms with van der Waals surface area (Å²) in [7, 11) is 0. The van der Waals surface area contributed by atoms with Gasteiger partial charge >= 0.3 is 0 Å². The summed E-state index contributed by atoms with van der Waals surface area (Å²) in [6.45, 7) is 3.23. The first-order chi connectivity index (χ1) is 13.3. The van der Waals surface area contributed by atoms with Crippen LogP contribution >= 0.6 is 11.3 Å². The third kappa shape index (κ3) is 2.98. The number of hydrogen-bond acceptors (Lipinski definition) is 4. The number of hydrogen-bond donors (Lipinski definition) is 1. The molecule has 3 aromatic heterocycles. The molecule has 6 heteroatoms. The lowest BCUT2D eigenvalue weighted by Crippen LogP contribution is -2.06. The van der Waals surface area contributed by atoms with Crippen LogP contribution in [0.1, 0.15) is 48.4 Å². The average Bonchev–Trinajstić information content (AvgIpc) is 3.37. The van der Waals surface area contributed by atoms with E-state index < -0.39 is 0 Å². The van der Waals surface area contributed by atoms with Gasteiger partial charge in [0.25, 0.3) is 0 Å². The number of aromatic amines is 1. The van der Waals surface area contributed by atoms with E-state index in [0.717, 1.165) is 48.2 Å². The molecule has 1 aliphatic heterocycles. The van der Waals surface area contributed by atoms with Crippen LogP contribution in [0.25, 0.3) is 22.2 Å². The zero-order valence-electron chi connectivity index (χ0n) is 15.5. The summed E-state index contributed by atoms with van der Waals surface area (Å²) < 4.78 is 2.31. The summed E-state index contributed by atoms with van der Waals surface area (Å²) in [5.41, 5.74) is 4.81. The van der Waals surface area contributed by atoms with E-state index in [1.165, 1.54) is 41.3 Å². The Bertz CT molecular complexity index is 1090. The number of thiazole rings is 1. The second-order valence-corrected chi connectivity index (χ2v) is 8.14. The summed E-state index contributed by atoms with van der Waals surface area (Å²) >= 11 is 1.71. The van der Waals surface area contributed by atoms with Crippen LogP contribution in [-0.2, 0) is 25.8 Å². The van der Waals surface area contributed by atoms with Gasteiger partial charge in [-0.25, -0.2) is 4.98 Å². The third-order valence-corrected chi connectivity index (χ3v) is 6.35. The van der Waals surface area contributed by atoms with E-state index in [-0.39, 0.29) is 0 Å². The van der Waals surface area contributed by atoms with Gasteiger partial charge in [0.1, 0.15) is 16.7 Å². The number of H-pyrrole nitrogens is 1. The Morgan fingerprint density at radius 2 is 2.15 bits per heavy atom. The van der Waals surface area contributed by atoms with Crippen LogP contribution in [-0.4, -0.2) is 24.7 Å². The van der Waals surface area contributed by atoms with Crippen LogP contribution in [0.4, 0.5) is 0 Å². The Morgan fingerprint density at radius 1 is 1.19 bits per heavy atom. The second-order valence-electron chi connectivity index (χ2n) is 7.19. The SMILES string of the molecule is CCc1cccc2c(-c3csc(Cc4nnc5n4CCCCC5)n3)c[nH]c12. The molecular weight excluding hydrogens is 354 g/mol. The number of para-hydroxylation sites is 1. The number of nitrogens with zero attached hydrogens (tertiary/aromatic N) is 4. The molecule has 0 radical (unpaired) electrons. The monoisotopic (exact) mass is 377 g/mol. The van der Waals surface area contributed by atoms with Crippen LogP contribution in [0.15, 0.2) is 29.8 Å². The van der Waals surface area contributed by atoms with Gasteiger partial charge in [-0.1, -0.05) is 31.5 Å². The maximum atomic E-state index is 4.92. The minimum atomic E-state index is 0.764. The Hall–Kier alpha value is -2.47. The average molecular weight is 378 g/mol. The predicted octanol–water partition coefficient (Wildman–Crippen LogP) is 4.76. The van der Waals surface area contributed by atoms with Gasteiger partial charge in [0.15, 0.2) is 0 Å². The number of rotatable bonds is 4. The second kappa shape index (κ2) is 6.93. The van der Waals surface area contributed by atoms with E-state index in [2.05, 4.69) is 56.4 Å². The van der Waals surface area contributed by atoms with Crippen LogP contribution in [0.2, 0.25) is 0 Å². The van der Waals surface area contributed by atoms with E-state index in [4.69, 9.17) is 4.98 Å². The highest BCUT2D eigenvalue weighted by Gasteiger charge is 2.17. The van der Waals surface area contributed by atoms with Crippen molar-refractivity contribution >= 4 is 22.2 Å². The number of aryl methyl sites for hydroxylation is 2. The lowest BCUT2D eigenvalue weighted by Gasteiger charge is -2.05. The molecule has 5 rings (SSSR count). The van der Waals surface area contributed by atoms with Crippen molar-refractivity contribution in [1.29, 1.82) is 0 Å². The molecule has 1 aliphatic rings. The predicted molar refractivity (Wildman–Crippen MR) is 109 cm³/mol. The highest BCUT2D eigenvalue weighted by atomic mass is 32.1. The Labute approximate surface area is 162 Å². The first-order valence-electron chi connectivity index (χ1n) is 9.78.